The van der Waals surface area contributed by atoms with E-state index in [1.165, 1.54) is 0 Å². The van der Waals surface area contributed by atoms with Crippen molar-refractivity contribution in [3.63, 3.8) is 0 Å². The maximum atomic E-state index is 12.9. The normalized spacial score (nSPS) is 26.3. The summed E-state index contributed by atoms with van der Waals surface area (Å²) in [5.74, 6) is 2.55. The van der Waals surface area contributed by atoms with Crippen LogP contribution in [0.1, 0.15) is 48.7 Å². The minimum absolute atomic E-state index is 0.0594. The number of carbonyl (C=O) groups is 1. The van der Waals surface area contributed by atoms with Crippen LogP contribution >= 0.6 is 11.6 Å². The molecular weight excluding hydrogens is 514 g/mol. The molecule has 1 aromatic carbocycles. The van der Waals surface area contributed by atoms with Crippen LogP contribution < -0.4 is 15.0 Å². The number of benzene rings is 1. The average Bonchev–Trinajstić information content (AvgIpc) is 3.31. The predicted octanol–water partition coefficient (Wildman–Crippen LogP) is 3.44. The van der Waals surface area contributed by atoms with E-state index in [0.29, 0.717) is 33.9 Å². The van der Waals surface area contributed by atoms with Crippen LogP contribution in [-0.2, 0) is 0 Å². The highest BCUT2D eigenvalue weighted by molar-refractivity contribution is 6.31. The van der Waals surface area contributed by atoms with Crippen molar-refractivity contribution in [3.05, 3.63) is 46.9 Å². The second-order valence-electron chi connectivity index (χ2n) is 11.3. The number of amides is 1. The van der Waals surface area contributed by atoms with Gasteiger partial charge in [-0.1, -0.05) is 18.5 Å². The number of halogens is 1. The van der Waals surface area contributed by atoms with Gasteiger partial charge >= 0.3 is 0 Å². The summed E-state index contributed by atoms with van der Waals surface area (Å²) in [6.45, 7) is 9.98. The third kappa shape index (κ3) is 6.99. The van der Waals surface area contributed by atoms with Crippen LogP contribution in [0.15, 0.2) is 30.6 Å². The first-order valence-electron chi connectivity index (χ1n) is 14.0. The van der Waals surface area contributed by atoms with Crippen LogP contribution in [0.25, 0.3) is 0 Å². The van der Waals surface area contributed by atoms with E-state index in [1.54, 1.807) is 30.6 Å². The van der Waals surface area contributed by atoms with Crippen LogP contribution in [0.4, 0.5) is 5.82 Å². The number of likely N-dealkylation sites (N-methyl/N-ethyl adjacent to an activating group) is 1. The Kier molecular flexibility index (Phi) is 8.85. The van der Waals surface area contributed by atoms with Crippen LogP contribution in [0, 0.1) is 23.2 Å². The van der Waals surface area contributed by atoms with Gasteiger partial charge in [0.1, 0.15) is 23.3 Å². The Bertz CT molecular complexity index is 1170. The van der Waals surface area contributed by atoms with Gasteiger partial charge in [0.05, 0.1) is 29.1 Å². The number of nitrogens with zero attached hydrogens (tertiary/aromatic N) is 6. The van der Waals surface area contributed by atoms with E-state index in [2.05, 4.69) is 50.0 Å². The lowest BCUT2D eigenvalue weighted by Crippen LogP contribution is -2.46. The van der Waals surface area contributed by atoms with Crippen molar-refractivity contribution < 1.29 is 9.53 Å². The van der Waals surface area contributed by atoms with Gasteiger partial charge in [0.2, 0.25) is 0 Å². The first-order chi connectivity index (χ1) is 18.9. The van der Waals surface area contributed by atoms with E-state index in [-0.39, 0.29) is 18.1 Å². The minimum Gasteiger partial charge on any atom is -0.490 e. The Balaban J connectivity index is 1.07. The Labute approximate surface area is 236 Å². The Hall–Kier alpha value is -2.93. The van der Waals surface area contributed by atoms with Crippen molar-refractivity contribution in [2.75, 3.05) is 57.8 Å². The summed E-state index contributed by atoms with van der Waals surface area (Å²) in [6.07, 6.45) is 6.72. The maximum Gasteiger partial charge on any atom is 0.271 e. The number of carbonyl (C=O) groups excluding carboxylic acids is 1. The molecule has 9 nitrogen and oxygen atoms in total. The van der Waals surface area contributed by atoms with E-state index in [4.69, 9.17) is 21.6 Å². The lowest BCUT2D eigenvalue weighted by molar-refractivity contribution is 0.0888. The number of piperazine rings is 1. The Morgan fingerprint density at radius 1 is 1.13 bits per heavy atom. The highest BCUT2D eigenvalue weighted by Crippen LogP contribution is 2.29. The number of nitriles is 1. The van der Waals surface area contributed by atoms with Gasteiger partial charge in [-0.3, -0.25) is 4.79 Å². The quantitative estimate of drug-likeness (QED) is 0.559. The zero-order chi connectivity index (χ0) is 27.4. The van der Waals surface area contributed by atoms with E-state index in [1.807, 2.05) is 0 Å². The van der Waals surface area contributed by atoms with Gasteiger partial charge in [0.15, 0.2) is 0 Å². The predicted molar refractivity (Wildman–Crippen MR) is 151 cm³/mol. The van der Waals surface area contributed by atoms with Crippen molar-refractivity contribution in [2.24, 2.45) is 11.8 Å². The molecule has 0 bridgehead atoms. The Morgan fingerprint density at radius 3 is 2.56 bits per heavy atom. The first-order valence-corrected chi connectivity index (χ1v) is 14.4. The summed E-state index contributed by atoms with van der Waals surface area (Å²) < 4.78 is 6.06. The zero-order valence-corrected chi connectivity index (χ0v) is 23.6. The number of anilines is 1. The Morgan fingerprint density at radius 2 is 1.90 bits per heavy atom. The average molecular weight is 552 g/mol. The summed E-state index contributed by atoms with van der Waals surface area (Å²) in [4.78, 5) is 29.2. The molecule has 2 atom stereocenters. The molecule has 0 radical (unpaired) electrons. The van der Waals surface area contributed by atoms with Crippen LogP contribution in [-0.4, -0.2) is 90.7 Å². The third-order valence-corrected chi connectivity index (χ3v) is 8.74. The fraction of sp³-hybridized carbons (Fsp3) is 0.586. The van der Waals surface area contributed by atoms with Gasteiger partial charge in [0.25, 0.3) is 5.91 Å². The standard InChI is InChI=1S/C29H38ClN7O2/c1-20-17-37(19-22(20)18-36-11-9-35(2)10-12-36)28-16-32-27(15-33-28)29(38)34-23-4-7-24(8-5-23)39-25-6-3-21(14-31)26(30)13-25/h3,6,13,15-16,20,22-24H,4-5,7-12,17-19H2,1-2H3,(H,34,38)/t20?,22-,23?,24?/m1/s1. The van der Waals surface area contributed by atoms with Gasteiger partial charge < -0.3 is 24.8 Å². The molecule has 2 aromatic rings. The van der Waals surface area contributed by atoms with Crippen molar-refractivity contribution in [1.82, 2.24) is 25.1 Å². The summed E-state index contributed by atoms with van der Waals surface area (Å²) in [5.41, 5.74) is 0.789. The summed E-state index contributed by atoms with van der Waals surface area (Å²) >= 11 is 6.12. The second kappa shape index (κ2) is 12.5. The molecule has 2 saturated heterocycles. The van der Waals surface area contributed by atoms with Crippen LogP contribution in [0.5, 0.6) is 5.75 Å². The van der Waals surface area contributed by atoms with Crippen LogP contribution in [0.2, 0.25) is 5.02 Å². The molecule has 3 fully saturated rings. The van der Waals surface area contributed by atoms with Crippen molar-refractivity contribution >= 4 is 23.3 Å². The third-order valence-electron chi connectivity index (χ3n) is 8.42. The number of hydrogen-bond donors (Lipinski definition) is 1. The highest BCUT2D eigenvalue weighted by Gasteiger charge is 2.32. The fourth-order valence-electron chi connectivity index (χ4n) is 5.86. The van der Waals surface area contributed by atoms with E-state index >= 15 is 0 Å². The fourth-order valence-corrected chi connectivity index (χ4v) is 6.07. The van der Waals surface area contributed by atoms with Gasteiger partial charge in [-0.15, -0.1) is 0 Å². The summed E-state index contributed by atoms with van der Waals surface area (Å²) in [7, 11) is 2.19. The molecule has 2 aliphatic heterocycles. The van der Waals surface area contributed by atoms with Crippen LogP contribution in [0.3, 0.4) is 0 Å². The molecular formula is C29H38ClN7O2. The number of ether oxygens (including phenoxy) is 1. The lowest BCUT2D eigenvalue weighted by Gasteiger charge is -2.34. The molecule has 1 unspecified atom stereocenters. The molecule has 0 spiro atoms. The topological polar surface area (TPSA) is 97.6 Å². The molecule has 10 heteroatoms. The molecule has 5 rings (SSSR count). The first kappa shape index (κ1) is 27.6. The maximum absolute atomic E-state index is 12.9. The van der Waals surface area contributed by atoms with Gasteiger partial charge in [-0.05, 0) is 56.7 Å². The summed E-state index contributed by atoms with van der Waals surface area (Å²) in [6, 6.07) is 7.27. The molecule has 3 heterocycles. The van der Waals surface area contributed by atoms with E-state index < -0.39 is 0 Å². The van der Waals surface area contributed by atoms with Crippen molar-refractivity contribution in [2.45, 2.75) is 44.8 Å². The molecule has 1 aromatic heterocycles. The monoisotopic (exact) mass is 551 g/mol. The van der Waals surface area contributed by atoms with Gasteiger partial charge in [0, 0.05) is 57.9 Å². The van der Waals surface area contributed by atoms with E-state index in [9.17, 15) is 4.79 Å². The number of hydrogen-bond acceptors (Lipinski definition) is 8. The van der Waals surface area contributed by atoms with Crippen molar-refractivity contribution in [3.8, 4) is 11.8 Å². The number of rotatable bonds is 7. The second-order valence-corrected chi connectivity index (χ2v) is 11.7. The molecule has 3 aliphatic rings. The van der Waals surface area contributed by atoms with Gasteiger partial charge in [-0.2, -0.15) is 5.26 Å². The number of aromatic nitrogens is 2. The molecule has 1 N–H and O–H groups in total. The largest absolute Gasteiger partial charge is 0.490 e. The lowest BCUT2D eigenvalue weighted by atomic mass is 9.93. The minimum atomic E-state index is -0.181. The highest BCUT2D eigenvalue weighted by atomic mass is 35.5. The molecule has 1 amide bonds. The molecule has 1 saturated carbocycles. The van der Waals surface area contributed by atoms with Gasteiger partial charge in [-0.25, -0.2) is 9.97 Å². The molecule has 39 heavy (non-hydrogen) atoms. The SMILES string of the molecule is CC1CN(c2cnc(C(=O)NC3CCC(Oc4ccc(C#N)c(Cl)c4)CC3)cn2)C[C@H]1CN1CCN(C)CC1. The van der Waals surface area contributed by atoms with E-state index in [0.717, 1.165) is 77.3 Å². The smallest absolute Gasteiger partial charge is 0.271 e. The molecule has 1 aliphatic carbocycles. The van der Waals surface area contributed by atoms with Crippen molar-refractivity contribution in [1.29, 1.82) is 5.26 Å². The summed E-state index contributed by atoms with van der Waals surface area (Å²) in [5, 5.41) is 12.5. The zero-order valence-electron chi connectivity index (χ0n) is 22.9. The molecule has 208 valence electrons. The number of nitrogens with one attached hydrogen (secondary N) is 1.